The van der Waals surface area contributed by atoms with Gasteiger partial charge in [-0.25, -0.2) is 0 Å². The fourth-order valence-electron chi connectivity index (χ4n) is 1.13. The zero-order chi connectivity index (χ0) is 9.03. The van der Waals surface area contributed by atoms with Crippen LogP contribution in [0.4, 0.5) is 0 Å². The number of rotatable bonds is 3. The quantitative estimate of drug-likeness (QED) is 0.576. The maximum absolute atomic E-state index is 11.6. The van der Waals surface area contributed by atoms with Gasteiger partial charge in [0.05, 0.1) is 19.4 Å². The average molecular weight is 257 g/mol. The summed E-state index contributed by atoms with van der Waals surface area (Å²) < 4.78 is 21.9. The van der Waals surface area contributed by atoms with Gasteiger partial charge in [0.15, 0.2) is 0 Å². The van der Waals surface area contributed by atoms with Crippen molar-refractivity contribution in [3.8, 4) is 0 Å². The Bertz CT molecular complexity index is 173. The number of alkyl halides is 1. The molecule has 1 heterocycles. The van der Waals surface area contributed by atoms with E-state index in [4.69, 9.17) is 9.05 Å². The molecule has 1 aliphatic heterocycles. The van der Waals surface area contributed by atoms with Crippen molar-refractivity contribution in [3.63, 3.8) is 0 Å². The first-order valence-electron chi connectivity index (χ1n) is 4.14. The summed E-state index contributed by atoms with van der Waals surface area (Å²) in [7, 11) is -2.68. The van der Waals surface area contributed by atoms with E-state index >= 15 is 0 Å². The van der Waals surface area contributed by atoms with Gasteiger partial charge in [-0.2, -0.15) is 0 Å². The highest BCUT2D eigenvalue weighted by Crippen LogP contribution is 2.52. The van der Waals surface area contributed by atoms with Crippen LogP contribution in [0.1, 0.15) is 13.3 Å². The molecule has 0 aromatic rings. The SMILES string of the molecule is CCOP1(=O)CCC(CBr)CO1. The van der Waals surface area contributed by atoms with Crippen LogP contribution in [-0.4, -0.2) is 24.7 Å². The Hall–Kier alpha value is 0.630. The zero-order valence-electron chi connectivity index (χ0n) is 7.16. The minimum absolute atomic E-state index is 0.469. The Balaban J connectivity index is 2.39. The monoisotopic (exact) mass is 256 g/mol. The fourth-order valence-corrected chi connectivity index (χ4v) is 3.48. The van der Waals surface area contributed by atoms with Crippen LogP contribution in [0, 0.1) is 5.92 Å². The molecule has 5 heteroatoms. The molecule has 1 saturated heterocycles. The Morgan fingerprint density at radius 3 is 2.92 bits per heavy atom. The van der Waals surface area contributed by atoms with Crippen LogP contribution in [-0.2, 0) is 13.6 Å². The predicted molar refractivity (Wildman–Crippen MR) is 52.0 cm³/mol. The van der Waals surface area contributed by atoms with Crippen LogP contribution < -0.4 is 0 Å². The predicted octanol–water partition coefficient (Wildman–Crippen LogP) is 2.65. The summed E-state index contributed by atoms with van der Waals surface area (Å²) in [6, 6.07) is 0. The van der Waals surface area contributed by atoms with Crippen LogP contribution in [0.25, 0.3) is 0 Å². The first-order chi connectivity index (χ1) is 5.70. The van der Waals surface area contributed by atoms with Crippen LogP contribution in [0.2, 0.25) is 0 Å². The van der Waals surface area contributed by atoms with Crippen LogP contribution in [0.3, 0.4) is 0 Å². The minimum atomic E-state index is -2.68. The number of hydrogen-bond donors (Lipinski definition) is 0. The molecule has 1 rings (SSSR count). The molecule has 0 N–H and O–H groups in total. The van der Waals surface area contributed by atoms with Gasteiger partial charge < -0.3 is 9.05 Å². The molecule has 1 aliphatic rings. The van der Waals surface area contributed by atoms with Gasteiger partial charge in [-0.15, -0.1) is 0 Å². The molecule has 72 valence electrons. The van der Waals surface area contributed by atoms with Gasteiger partial charge in [-0.05, 0) is 19.3 Å². The summed E-state index contributed by atoms with van der Waals surface area (Å²) >= 11 is 3.38. The van der Waals surface area contributed by atoms with Gasteiger partial charge in [0.2, 0.25) is 0 Å². The minimum Gasteiger partial charge on any atom is -0.309 e. The Kier molecular flexibility index (Phi) is 4.24. The molecule has 1 fully saturated rings. The van der Waals surface area contributed by atoms with Gasteiger partial charge in [-0.3, -0.25) is 4.57 Å². The van der Waals surface area contributed by atoms with E-state index in [1.165, 1.54) is 0 Å². The van der Waals surface area contributed by atoms with Gasteiger partial charge >= 0.3 is 7.60 Å². The molecule has 0 bridgehead atoms. The van der Waals surface area contributed by atoms with E-state index in [0.717, 1.165) is 11.8 Å². The summed E-state index contributed by atoms with van der Waals surface area (Å²) in [5.41, 5.74) is 0. The fraction of sp³-hybridized carbons (Fsp3) is 1.00. The molecular weight excluding hydrogens is 243 g/mol. The van der Waals surface area contributed by atoms with Crippen LogP contribution >= 0.6 is 23.5 Å². The second kappa shape index (κ2) is 4.75. The van der Waals surface area contributed by atoms with E-state index in [2.05, 4.69) is 15.9 Å². The topological polar surface area (TPSA) is 35.5 Å². The molecule has 0 spiro atoms. The molecular formula is C7H14BrO3P. The van der Waals surface area contributed by atoms with Crippen molar-refractivity contribution in [2.75, 3.05) is 24.7 Å². The molecule has 0 saturated carbocycles. The normalized spacial score (nSPS) is 36.7. The Morgan fingerprint density at radius 2 is 2.50 bits per heavy atom. The van der Waals surface area contributed by atoms with Gasteiger partial charge in [-0.1, -0.05) is 15.9 Å². The number of halogens is 1. The molecule has 2 unspecified atom stereocenters. The molecule has 2 atom stereocenters. The van der Waals surface area contributed by atoms with E-state index in [9.17, 15) is 4.57 Å². The van der Waals surface area contributed by atoms with Gasteiger partial charge in [0.1, 0.15) is 0 Å². The van der Waals surface area contributed by atoms with Gasteiger partial charge in [0, 0.05) is 5.33 Å². The summed E-state index contributed by atoms with van der Waals surface area (Å²) in [5, 5.41) is 0.916. The van der Waals surface area contributed by atoms with Crippen molar-refractivity contribution in [2.24, 2.45) is 5.92 Å². The van der Waals surface area contributed by atoms with Crippen LogP contribution in [0.5, 0.6) is 0 Å². The van der Waals surface area contributed by atoms with E-state index in [1.54, 1.807) is 0 Å². The highest BCUT2D eigenvalue weighted by molar-refractivity contribution is 9.09. The van der Waals surface area contributed by atoms with Crippen LogP contribution in [0.15, 0.2) is 0 Å². The third-order valence-corrected chi connectivity index (χ3v) is 4.78. The molecule has 0 aromatic carbocycles. The van der Waals surface area contributed by atoms with E-state index in [-0.39, 0.29) is 0 Å². The maximum atomic E-state index is 11.6. The first-order valence-corrected chi connectivity index (χ1v) is 6.99. The second-order valence-corrected chi connectivity index (χ2v) is 5.69. The smallest absolute Gasteiger partial charge is 0.309 e. The summed E-state index contributed by atoms with van der Waals surface area (Å²) in [6.45, 7) is 2.86. The lowest BCUT2D eigenvalue weighted by Gasteiger charge is -2.26. The summed E-state index contributed by atoms with van der Waals surface area (Å²) in [5.74, 6) is 0.493. The van der Waals surface area contributed by atoms with E-state index < -0.39 is 7.60 Å². The first kappa shape index (κ1) is 10.7. The lowest BCUT2D eigenvalue weighted by molar-refractivity contribution is 0.168. The molecule has 0 amide bonds. The van der Waals surface area contributed by atoms with Gasteiger partial charge in [0.25, 0.3) is 0 Å². The summed E-state index contributed by atoms with van der Waals surface area (Å²) in [6.07, 6.45) is 1.50. The van der Waals surface area contributed by atoms with E-state index in [1.807, 2.05) is 6.92 Å². The zero-order valence-corrected chi connectivity index (χ0v) is 9.64. The molecule has 12 heavy (non-hydrogen) atoms. The second-order valence-electron chi connectivity index (χ2n) is 2.86. The molecule has 0 radical (unpaired) electrons. The Morgan fingerprint density at radius 1 is 1.75 bits per heavy atom. The molecule has 3 nitrogen and oxygen atoms in total. The molecule has 0 aliphatic carbocycles. The summed E-state index contributed by atoms with van der Waals surface area (Å²) in [4.78, 5) is 0. The van der Waals surface area contributed by atoms with Crippen molar-refractivity contribution in [2.45, 2.75) is 13.3 Å². The highest BCUT2D eigenvalue weighted by Gasteiger charge is 2.31. The Labute approximate surface area is 81.5 Å². The number of hydrogen-bond acceptors (Lipinski definition) is 3. The van der Waals surface area contributed by atoms with Crippen molar-refractivity contribution in [1.29, 1.82) is 0 Å². The van der Waals surface area contributed by atoms with E-state index in [0.29, 0.717) is 25.3 Å². The average Bonchev–Trinajstić information content (AvgIpc) is 2.06. The largest absolute Gasteiger partial charge is 0.330 e. The highest BCUT2D eigenvalue weighted by atomic mass is 79.9. The van der Waals surface area contributed by atoms with Crippen molar-refractivity contribution in [1.82, 2.24) is 0 Å². The van der Waals surface area contributed by atoms with Crippen molar-refractivity contribution < 1.29 is 13.6 Å². The lowest BCUT2D eigenvalue weighted by Crippen LogP contribution is -2.19. The third-order valence-electron chi connectivity index (χ3n) is 1.86. The lowest BCUT2D eigenvalue weighted by atomic mass is 10.1. The van der Waals surface area contributed by atoms with Crippen molar-refractivity contribution in [3.05, 3.63) is 0 Å². The maximum Gasteiger partial charge on any atom is 0.330 e. The standard InChI is InChI=1S/C7H14BrO3P/c1-2-10-12(9)4-3-7(5-8)6-11-12/h7H,2-6H2,1H3. The van der Waals surface area contributed by atoms with Crippen molar-refractivity contribution >= 4 is 23.5 Å². The third kappa shape index (κ3) is 2.84. The molecule has 0 aromatic heterocycles.